The van der Waals surface area contributed by atoms with Crippen LogP contribution >= 0.6 is 0 Å². The van der Waals surface area contributed by atoms with Crippen LogP contribution in [-0.2, 0) is 4.79 Å². The fraction of sp³-hybridized carbons (Fsp3) is 0. The first-order valence-electron chi connectivity index (χ1n) is 5.22. The van der Waals surface area contributed by atoms with E-state index < -0.39 is 17.6 Å². The van der Waals surface area contributed by atoms with Crippen molar-refractivity contribution in [2.75, 3.05) is 0 Å². The van der Waals surface area contributed by atoms with Crippen LogP contribution in [0.5, 0.6) is 0 Å². The van der Waals surface area contributed by atoms with Gasteiger partial charge in [0.25, 0.3) is 5.78 Å². The van der Waals surface area contributed by atoms with E-state index in [9.17, 15) is 14.0 Å². The maximum atomic E-state index is 13.7. The molecular formula is C14H9FO3. The monoisotopic (exact) mass is 244 g/mol. The molecule has 4 heteroatoms. The average molecular weight is 244 g/mol. The highest BCUT2D eigenvalue weighted by molar-refractivity contribution is 6.39. The second kappa shape index (κ2) is 4.79. The largest absolute Gasteiger partial charge is 0.475 e. The summed E-state index contributed by atoms with van der Waals surface area (Å²) in [5.41, 5.74) is 0.764. The molecule has 0 saturated carbocycles. The van der Waals surface area contributed by atoms with E-state index in [2.05, 4.69) is 0 Å². The van der Waals surface area contributed by atoms with Gasteiger partial charge in [0.15, 0.2) is 0 Å². The smallest absolute Gasteiger partial charge is 0.377 e. The van der Waals surface area contributed by atoms with Gasteiger partial charge in [-0.05, 0) is 23.8 Å². The summed E-state index contributed by atoms with van der Waals surface area (Å²) in [7, 11) is 0. The van der Waals surface area contributed by atoms with Gasteiger partial charge < -0.3 is 5.11 Å². The lowest BCUT2D eigenvalue weighted by atomic mass is 10.0. The van der Waals surface area contributed by atoms with Crippen LogP contribution in [0.1, 0.15) is 10.4 Å². The van der Waals surface area contributed by atoms with Crippen LogP contribution in [-0.4, -0.2) is 16.9 Å². The molecule has 90 valence electrons. The van der Waals surface area contributed by atoms with Gasteiger partial charge in [0.05, 0.1) is 0 Å². The molecule has 0 spiro atoms. The highest BCUT2D eigenvalue weighted by Gasteiger charge is 2.16. The minimum Gasteiger partial charge on any atom is -0.475 e. The number of carboxylic acid groups (broad SMARTS) is 1. The number of carbonyl (C=O) groups excluding carboxylic acids is 1. The zero-order valence-electron chi connectivity index (χ0n) is 9.26. The summed E-state index contributed by atoms with van der Waals surface area (Å²) in [4.78, 5) is 21.9. The molecule has 0 aromatic heterocycles. The number of carboxylic acids is 1. The minimum absolute atomic E-state index is 0.0391. The Hall–Kier alpha value is -2.49. The summed E-state index contributed by atoms with van der Waals surface area (Å²) in [6.45, 7) is 0. The maximum Gasteiger partial charge on any atom is 0.377 e. The molecule has 3 nitrogen and oxygen atoms in total. The van der Waals surface area contributed by atoms with Gasteiger partial charge >= 0.3 is 5.97 Å². The van der Waals surface area contributed by atoms with Crippen LogP contribution < -0.4 is 0 Å². The van der Waals surface area contributed by atoms with Crippen molar-refractivity contribution in [3.8, 4) is 11.1 Å². The summed E-state index contributed by atoms with van der Waals surface area (Å²) < 4.78 is 13.7. The molecule has 2 rings (SSSR count). The Bertz CT molecular complexity index is 606. The van der Waals surface area contributed by atoms with Crippen molar-refractivity contribution in [1.82, 2.24) is 0 Å². The van der Waals surface area contributed by atoms with Crippen molar-refractivity contribution < 1.29 is 19.1 Å². The molecule has 2 aromatic carbocycles. The van der Waals surface area contributed by atoms with E-state index in [-0.39, 0.29) is 11.1 Å². The van der Waals surface area contributed by atoms with Crippen molar-refractivity contribution in [3.05, 3.63) is 59.9 Å². The van der Waals surface area contributed by atoms with Gasteiger partial charge in [-0.15, -0.1) is 0 Å². The van der Waals surface area contributed by atoms with Crippen molar-refractivity contribution in [2.24, 2.45) is 0 Å². The van der Waals surface area contributed by atoms with E-state index in [1.165, 1.54) is 6.07 Å². The third-order valence-corrected chi connectivity index (χ3v) is 2.51. The van der Waals surface area contributed by atoms with Crippen LogP contribution in [0.4, 0.5) is 4.39 Å². The van der Waals surface area contributed by atoms with Crippen LogP contribution in [0.3, 0.4) is 0 Å². The molecule has 0 radical (unpaired) electrons. The molecule has 0 aliphatic heterocycles. The zero-order valence-corrected chi connectivity index (χ0v) is 9.26. The Morgan fingerprint density at radius 2 is 1.67 bits per heavy atom. The quantitative estimate of drug-likeness (QED) is 0.667. The molecule has 0 aliphatic rings. The van der Waals surface area contributed by atoms with E-state index >= 15 is 0 Å². The fourth-order valence-electron chi connectivity index (χ4n) is 1.63. The molecule has 0 heterocycles. The highest BCUT2D eigenvalue weighted by atomic mass is 19.1. The lowest BCUT2D eigenvalue weighted by Gasteiger charge is -2.05. The number of rotatable bonds is 3. The van der Waals surface area contributed by atoms with E-state index in [1.54, 1.807) is 30.3 Å². The van der Waals surface area contributed by atoms with Gasteiger partial charge in [-0.1, -0.05) is 30.3 Å². The van der Waals surface area contributed by atoms with Gasteiger partial charge in [-0.25, -0.2) is 9.18 Å². The zero-order chi connectivity index (χ0) is 13.1. The van der Waals surface area contributed by atoms with Crippen LogP contribution in [0, 0.1) is 5.82 Å². The molecule has 0 unspecified atom stereocenters. The van der Waals surface area contributed by atoms with Crippen molar-refractivity contribution in [2.45, 2.75) is 0 Å². The fourth-order valence-corrected chi connectivity index (χ4v) is 1.63. The molecule has 0 aliphatic carbocycles. The number of hydrogen-bond acceptors (Lipinski definition) is 2. The number of hydrogen-bond donors (Lipinski definition) is 1. The minimum atomic E-state index is -1.55. The first-order valence-corrected chi connectivity index (χ1v) is 5.22. The standard InChI is InChI=1S/C14H9FO3/c15-12-7-6-10(13(16)14(17)18)8-11(12)9-4-2-1-3-5-9/h1-8H,(H,17,18). The second-order valence-electron chi connectivity index (χ2n) is 3.69. The van der Waals surface area contributed by atoms with Crippen LogP contribution in [0.2, 0.25) is 0 Å². The van der Waals surface area contributed by atoms with E-state index in [1.807, 2.05) is 0 Å². The lowest BCUT2D eigenvalue weighted by molar-refractivity contribution is -0.131. The molecule has 0 saturated heterocycles. The first-order chi connectivity index (χ1) is 8.59. The van der Waals surface area contributed by atoms with Gasteiger partial charge in [-0.3, -0.25) is 4.79 Å². The lowest BCUT2D eigenvalue weighted by Crippen LogP contribution is -2.12. The Labute approximate surface area is 103 Å². The van der Waals surface area contributed by atoms with E-state index in [0.717, 1.165) is 12.1 Å². The highest BCUT2D eigenvalue weighted by Crippen LogP contribution is 2.23. The van der Waals surface area contributed by atoms with E-state index in [4.69, 9.17) is 5.11 Å². The normalized spacial score (nSPS) is 10.1. The summed E-state index contributed by atoms with van der Waals surface area (Å²) in [5, 5.41) is 8.62. The molecule has 0 bridgehead atoms. The van der Waals surface area contributed by atoms with E-state index in [0.29, 0.717) is 5.56 Å². The average Bonchev–Trinajstić information content (AvgIpc) is 2.39. The van der Waals surface area contributed by atoms with Crippen LogP contribution in [0.15, 0.2) is 48.5 Å². The third kappa shape index (κ3) is 2.27. The Balaban J connectivity index is 2.52. The predicted octanol–water partition coefficient (Wildman–Crippen LogP) is 2.76. The molecule has 0 atom stereocenters. The summed E-state index contributed by atoms with van der Waals surface area (Å²) >= 11 is 0. The van der Waals surface area contributed by atoms with Gasteiger partial charge in [0, 0.05) is 11.1 Å². The van der Waals surface area contributed by atoms with Crippen molar-refractivity contribution in [3.63, 3.8) is 0 Å². The van der Waals surface area contributed by atoms with Crippen molar-refractivity contribution >= 4 is 11.8 Å². The van der Waals surface area contributed by atoms with Crippen molar-refractivity contribution in [1.29, 1.82) is 0 Å². The Morgan fingerprint density at radius 1 is 1.00 bits per heavy atom. The molecular weight excluding hydrogens is 235 g/mol. The summed E-state index contributed by atoms with van der Waals surface area (Å²) in [6, 6.07) is 12.1. The number of carbonyl (C=O) groups is 2. The summed E-state index contributed by atoms with van der Waals surface area (Å²) in [5.74, 6) is -3.10. The number of ketones is 1. The topological polar surface area (TPSA) is 54.4 Å². The molecule has 0 fully saturated rings. The third-order valence-electron chi connectivity index (χ3n) is 2.51. The Morgan fingerprint density at radius 3 is 2.28 bits per heavy atom. The number of benzene rings is 2. The second-order valence-corrected chi connectivity index (χ2v) is 3.69. The molecule has 2 aromatic rings. The Kier molecular flexibility index (Phi) is 3.19. The molecule has 18 heavy (non-hydrogen) atoms. The SMILES string of the molecule is O=C(O)C(=O)c1ccc(F)c(-c2ccccc2)c1. The predicted molar refractivity (Wildman–Crippen MR) is 63.8 cm³/mol. The number of halogens is 1. The summed E-state index contributed by atoms with van der Waals surface area (Å²) in [6.07, 6.45) is 0. The molecule has 0 amide bonds. The van der Waals surface area contributed by atoms with Gasteiger partial charge in [0.1, 0.15) is 5.82 Å². The van der Waals surface area contributed by atoms with Gasteiger partial charge in [0.2, 0.25) is 0 Å². The first kappa shape index (κ1) is 12.0. The molecule has 1 N–H and O–H groups in total. The van der Waals surface area contributed by atoms with Crippen LogP contribution in [0.25, 0.3) is 11.1 Å². The maximum absolute atomic E-state index is 13.7. The van der Waals surface area contributed by atoms with Gasteiger partial charge in [-0.2, -0.15) is 0 Å². The number of Topliss-reactive ketones (excluding diaryl/α,β-unsaturated/α-hetero) is 1. The number of aliphatic carboxylic acids is 1.